The number of carbonyl (C=O) groups is 3. The van der Waals surface area contributed by atoms with Crippen LogP contribution < -0.4 is 10.6 Å². The van der Waals surface area contributed by atoms with Crippen molar-refractivity contribution < 1.29 is 24.2 Å². The van der Waals surface area contributed by atoms with Crippen molar-refractivity contribution >= 4 is 18.0 Å². The van der Waals surface area contributed by atoms with Crippen molar-refractivity contribution in [2.24, 2.45) is 11.8 Å². The van der Waals surface area contributed by atoms with Gasteiger partial charge in [0, 0.05) is 18.5 Å². The third-order valence-corrected chi connectivity index (χ3v) is 6.23. The van der Waals surface area contributed by atoms with Crippen LogP contribution in [0.1, 0.15) is 50.7 Å². The summed E-state index contributed by atoms with van der Waals surface area (Å²) in [6.45, 7) is 5.91. The molecule has 3 rings (SSSR count). The Bertz CT molecular complexity index is 958. The van der Waals surface area contributed by atoms with Crippen LogP contribution in [0.5, 0.6) is 0 Å². The van der Waals surface area contributed by atoms with Crippen molar-refractivity contribution in [1.82, 2.24) is 10.6 Å². The summed E-state index contributed by atoms with van der Waals surface area (Å²) in [5.74, 6) is -1.75. The Kier molecular flexibility index (Phi) is 8.09. The van der Waals surface area contributed by atoms with Crippen molar-refractivity contribution in [2.45, 2.75) is 45.6 Å². The van der Waals surface area contributed by atoms with Gasteiger partial charge in [0.25, 0.3) is 0 Å². The van der Waals surface area contributed by atoms with Crippen LogP contribution >= 0.6 is 0 Å². The summed E-state index contributed by atoms with van der Waals surface area (Å²) in [6, 6.07) is 15.8. The second kappa shape index (κ2) is 11.0. The molecule has 0 spiro atoms. The highest BCUT2D eigenvalue weighted by Gasteiger charge is 2.29. The molecule has 1 aliphatic carbocycles. The molecule has 0 fully saturated rings. The number of hydrogen-bond acceptors (Lipinski definition) is 4. The highest BCUT2D eigenvalue weighted by molar-refractivity contribution is 5.81. The lowest BCUT2D eigenvalue weighted by atomic mass is 9.98. The molecule has 0 saturated heterocycles. The molecule has 2 amide bonds. The second-order valence-corrected chi connectivity index (χ2v) is 8.77. The van der Waals surface area contributed by atoms with Gasteiger partial charge in [0.2, 0.25) is 5.91 Å². The molecule has 0 aliphatic heterocycles. The smallest absolute Gasteiger partial charge is 0.407 e. The van der Waals surface area contributed by atoms with E-state index in [4.69, 9.17) is 9.84 Å². The van der Waals surface area contributed by atoms with Crippen LogP contribution in [0.3, 0.4) is 0 Å². The normalized spacial score (nSPS) is 14.2. The quantitative estimate of drug-likeness (QED) is 0.502. The predicted molar refractivity (Wildman–Crippen MR) is 126 cm³/mol. The van der Waals surface area contributed by atoms with E-state index in [-0.39, 0.29) is 37.3 Å². The van der Waals surface area contributed by atoms with Gasteiger partial charge in [0.05, 0.1) is 12.3 Å². The van der Waals surface area contributed by atoms with Crippen molar-refractivity contribution in [1.29, 1.82) is 0 Å². The monoisotopic (exact) mass is 452 g/mol. The van der Waals surface area contributed by atoms with E-state index in [9.17, 15) is 14.4 Å². The van der Waals surface area contributed by atoms with Gasteiger partial charge in [-0.1, -0.05) is 69.3 Å². The van der Waals surface area contributed by atoms with Crippen molar-refractivity contribution in [3.8, 4) is 11.1 Å². The number of nitrogens with one attached hydrogen (secondary N) is 2. The molecule has 1 unspecified atom stereocenters. The lowest BCUT2D eigenvalue weighted by Crippen LogP contribution is -2.45. The number of aliphatic carboxylic acids is 1. The first-order chi connectivity index (χ1) is 15.8. The van der Waals surface area contributed by atoms with Crippen LogP contribution in [-0.4, -0.2) is 42.3 Å². The van der Waals surface area contributed by atoms with Crippen LogP contribution in [0.15, 0.2) is 48.5 Å². The van der Waals surface area contributed by atoms with Crippen molar-refractivity contribution in [3.05, 3.63) is 59.7 Å². The number of ether oxygens (including phenoxy) is 1. The third kappa shape index (κ3) is 5.92. The van der Waals surface area contributed by atoms with Gasteiger partial charge < -0.3 is 20.5 Å². The number of carboxylic acids is 1. The molecule has 0 radical (unpaired) electrons. The maximum atomic E-state index is 12.6. The molecule has 2 atom stereocenters. The molecule has 2 aromatic rings. The Morgan fingerprint density at radius 3 is 2.09 bits per heavy atom. The zero-order chi connectivity index (χ0) is 24.0. The summed E-state index contributed by atoms with van der Waals surface area (Å²) < 4.78 is 5.53. The molecule has 176 valence electrons. The Labute approximate surface area is 194 Å². The van der Waals surface area contributed by atoms with Gasteiger partial charge in [-0.05, 0) is 34.6 Å². The largest absolute Gasteiger partial charge is 0.481 e. The van der Waals surface area contributed by atoms with E-state index in [1.165, 1.54) is 0 Å². The Morgan fingerprint density at radius 2 is 1.58 bits per heavy atom. The number of carbonyl (C=O) groups excluding carboxylic acids is 2. The number of benzene rings is 2. The molecule has 1 aliphatic rings. The molecular formula is C26H32N2O5. The van der Waals surface area contributed by atoms with Crippen LogP contribution in [0.2, 0.25) is 0 Å². The van der Waals surface area contributed by atoms with Gasteiger partial charge in [-0.15, -0.1) is 0 Å². The molecule has 0 heterocycles. The zero-order valence-corrected chi connectivity index (χ0v) is 19.3. The average Bonchev–Trinajstić information content (AvgIpc) is 3.11. The average molecular weight is 453 g/mol. The molecule has 3 N–H and O–H groups in total. The van der Waals surface area contributed by atoms with Gasteiger partial charge >= 0.3 is 12.1 Å². The number of fused-ring (bicyclic) bond motifs is 3. The third-order valence-electron chi connectivity index (χ3n) is 6.23. The Morgan fingerprint density at radius 1 is 1.00 bits per heavy atom. The fourth-order valence-electron chi connectivity index (χ4n) is 4.22. The van der Waals surface area contributed by atoms with Gasteiger partial charge in [0.15, 0.2) is 0 Å². The number of alkyl carbamates (subject to hydrolysis) is 1. The van der Waals surface area contributed by atoms with Gasteiger partial charge in [-0.3, -0.25) is 9.59 Å². The molecule has 7 nitrogen and oxygen atoms in total. The van der Waals surface area contributed by atoms with E-state index in [0.29, 0.717) is 6.42 Å². The molecular weight excluding hydrogens is 420 g/mol. The topological polar surface area (TPSA) is 105 Å². The summed E-state index contributed by atoms with van der Waals surface area (Å²) in [5, 5.41) is 14.6. The molecule has 0 bridgehead atoms. The summed E-state index contributed by atoms with van der Waals surface area (Å²) in [7, 11) is 0. The second-order valence-electron chi connectivity index (χ2n) is 8.77. The first-order valence-electron chi connectivity index (χ1n) is 11.4. The maximum Gasteiger partial charge on any atom is 0.407 e. The summed E-state index contributed by atoms with van der Waals surface area (Å²) in [5.41, 5.74) is 4.59. The Balaban J connectivity index is 1.54. The van der Waals surface area contributed by atoms with Gasteiger partial charge in [0.1, 0.15) is 6.61 Å². The minimum Gasteiger partial charge on any atom is -0.481 e. The van der Waals surface area contributed by atoms with Gasteiger partial charge in [-0.2, -0.15) is 0 Å². The fraction of sp³-hybridized carbons (Fsp3) is 0.423. The molecule has 33 heavy (non-hydrogen) atoms. The maximum absolute atomic E-state index is 12.6. The fourth-order valence-corrected chi connectivity index (χ4v) is 4.22. The summed E-state index contributed by atoms with van der Waals surface area (Å²) in [4.78, 5) is 36.1. The van der Waals surface area contributed by atoms with Crippen molar-refractivity contribution in [3.63, 3.8) is 0 Å². The van der Waals surface area contributed by atoms with E-state index in [2.05, 4.69) is 34.9 Å². The molecule has 7 heteroatoms. The SMILES string of the molecule is CCC(CNC(=O)OCC1c2ccccc2-c2ccccc21)C(=O)N[C@@H](CC(=O)O)C(C)C. The standard InChI is InChI=1S/C26H32N2O5/c1-4-17(25(31)28-23(16(2)3)13-24(29)30)14-27-26(32)33-15-22-20-11-7-5-9-18(20)19-10-6-8-12-21(19)22/h5-12,16-17,22-23H,4,13-15H2,1-3H3,(H,27,32)(H,28,31)(H,29,30)/t17?,23-/m0/s1. The van der Waals surface area contributed by atoms with E-state index in [0.717, 1.165) is 22.3 Å². The van der Waals surface area contributed by atoms with E-state index < -0.39 is 24.0 Å². The summed E-state index contributed by atoms with van der Waals surface area (Å²) >= 11 is 0. The molecule has 2 aromatic carbocycles. The van der Waals surface area contributed by atoms with E-state index in [1.54, 1.807) is 0 Å². The first kappa shape index (κ1) is 24.3. The first-order valence-corrected chi connectivity index (χ1v) is 11.4. The van der Waals surface area contributed by atoms with Crippen LogP contribution in [-0.2, 0) is 14.3 Å². The van der Waals surface area contributed by atoms with Gasteiger partial charge in [-0.25, -0.2) is 4.79 Å². The van der Waals surface area contributed by atoms with E-state index in [1.807, 2.05) is 45.0 Å². The van der Waals surface area contributed by atoms with Crippen molar-refractivity contribution in [2.75, 3.05) is 13.2 Å². The minimum absolute atomic E-state index is 0.0161. The number of carboxylic acid groups (broad SMARTS) is 1. The Hall–Kier alpha value is -3.35. The molecule has 0 aromatic heterocycles. The van der Waals surface area contributed by atoms with Crippen LogP contribution in [0, 0.1) is 11.8 Å². The van der Waals surface area contributed by atoms with Crippen LogP contribution in [0.4, 0.5) is 4.79 Å². The minimum atomic E-state index is -0.959. The summed E-state index contributed by atoms with van der Waals surface area (Å²) in [6.07, 6.45) is -0.207. The number of amides is 2. The zero-order valence-electron chi connectivity index (χ0n) is 19.3. The van der Waals surface area contributed by atoms with E-state index >= 15 is 0 Å². The number of hydrogen-bond donors (Lipinski definition) is 3. The molecule has 0 saturated carbocycles. The number of rotatable bonds is 10. The lowest BCUT2D eigenvalue weighted by Gasteiger charge is -2.24. The lowest BCUT2D eigenvalue weighted by molar-refractivity contribution is -0.138. The highest BCUT2D eigenvalue weighted by Crippen LogP contribution is 2.44. The highest BCUT2D eigenvalue weighted by atomic mass is 16.5. The van der Waals surface area contributed by atoms with Crippen LogP contribution in [0.25, 0.3) is 11.1 Å². The predicted octanol–water partition coefficient (Wildman–Crippen LogP) is 4.17.